The van der Waals surface area contributed by atoms with Gasteiger partial charge in [0.1, 0.15) is 11.8 Å². The van der Waals surface area contributed by atoms with Crippen LogP contribution in [0.5, 0.6) is 5.75 Å². The van der Waals surface area contributed by atoms with Crippen LogP contribution >= 0.6 is 0 Å². The predicted molar refractivity (Wildman–Crippen MR) is 103 cm³/mol. The van der Waals surface area contributed by atoms with Crippen LogP contribution in [0.1, 0.15) is 11.4 Å². The lowest BCUT2D eigenvalue weighted by Crippen LogP contribution is -2.11. The summed E-state index contributed by atoms with van der Waals surface area (Å²) < 4.78 is 5.13. The second-order valence-corrected chi connectivity index (χ2v) is 5.95. The molecule has 0 aliphatic heterocycles. The molecule has 0 radical (unpaired) electrons. The molecule has 3 rings (SSSR count). The first-order valence-corrected chi connectivity index (χ1v) is 7.99. The summed E-state index contributed by atoms with van der Waals surface area (Å²) >= 11 is 0. The second-order valence-electron chi connectivity index (χ2n) is 5.95. The molecule has 0 saturated heterocycles. The monoisotopic (exact) mass is 346 g/mol. The average molecular weight is 346 g/mol. The highest BCUT2D eigenvalue weighted by atomic mass is 16.5. The maximum absolute atomic E-state index is 12.4. The van der Waals surface area contributed by atoms with E-state index in [0.29, 0.717) is 16.7 Å². The van der Waals surface area contributed by atoms with Gasteiger partial charge in [-0.15, -0.1) is 0 Å². The van der Waals surface area contributed by atoms with Gasteiger partial charge in [-0.2, -0.15) is 5.26 Å². The van der Waals surface area contributed by atoms with Crippen molar-refractivity contribution in [2.75, 3.05) is 26.1 Å². The van der Waals surface area contributed by atoms with Crippen molar-refractivity contribution in [1.82, 2.24) is 9.97 Å². The Balaban J connectivity index is 2.05. The number of nitrogens with one attached hydrogen (secondary N) is 1. The molecule has 0 aliphatic rings. The zero-order valence-corrected chi connectivity index (χ0v) is 14.8. The van der Waals surface area contributed by atoms with Crippen molar-refractivity contribution in [3.63, 3.8) is 0 Å². The lowest BCUT2D eigenvalue weighted by molar-refractivity contribution is 0.415. The zero-order valence-electron chi connectivity index (χ0n) is 14.8. The summed E-state index contributed by atoms with van der Waals surface area (Å²) in [7, 11) is 5.46. The minimum atomic E-state index is -0.312. The molecule has 0 bridgehead atoms. The summed E-state index contributed by atoms with van der Waals surface area (Å²) in [5.41, 5.74) is 2.40. The summed E-state index contributed by atoms with van der Waals surface area (Å²) in [5, 5.41) is 9.94. The Bertz CT molecular complexity index is 1070. The third kappa shape index (κ3) is 3.42. The molecule has 0 aliphatic carbocycles. The lowest BCUT2D eigenvalue weighted by Gasteiger charge is -2.11. The Hall–Kier alpha value is -3.59. The van der Waals surface area contributed by atoms with Crippen LogP contribution in [0.15, 0.2) is 47.3 Å². The zero-order chi connectivity index (χ0) is 18.7. The van der Waals surface area contributed by atoms with Crippen molar-refractivity contribution >= 4 is 28.2 Å². The standard InChI is InChI=1S/C20H18N4O2/c1-24(2)15-6-4-13(5-7-15)10-14(12-21)19-22-18-9-8-16(26-3)11-17(18)20(25)23-19/h4-11H,1-3H3,(H,22,23,25). The number of methoxy groups -OCH3 is 1. The number of aromatic amines is 1. The van der Waals surface area contributed by atoms with Gasteiger partial charge in [0.2, 0.25) is 0 Å². The smallest absolute Gasteiger partial charge is 0.259 e. The Morgan fingerprint density at radius 1 is 1.23 bits per heavy atom. The van der Waals surface area contributed by atoms with Gasteiger partial charge < -0.3 is 14.6 Å². The molecule has 6 heteroatoms. The summed E-state index contributed by atoms with van der Waals surface area (Å²) in [6.07, 6.45) is 1.70. The highest BCUT2D eigenvalue weighted by Crippen LogP contribution is 2.20. The molecule has 6 nitrogen and oxygen atoms in total. The van der Waals surface area contributed by atoms with E-state index >= 15 is 0 Å². The Kier molecular flexibility index (Phi) is 4.72. The van der Waals surface area contributed by atoms with E-state index in [0.717, 1.165) is 11.3 Å². The number of allylic oxidation sites excluding steroid dienone is 1. The van der Waals surface area contributed by atoms with Crippen molar-refractivity contribution in [2.24, 2.45) is 0 Å². The molecule has 0 spiro atoms. The minimum Gasteiger partial charge on any atom is -0.497 e. The highest BCUT2D eigenvalue weighted by Gasteiger charge is 2.09. The summed E-state index contributed by atoms with van der Waals surface area (Å²) in [6, 6.07) is 14.9. The Morgan fingerprint density at radius 3 is 2.58 bits per heavy atom. The van der Waals surface area contributed by atoms with Crippen LogP contribution in [0.3, 0.4) is 0 Å². The van der Waals surface area contributed by atoms with Crippen LogP contribution in [-0.2, 0) is 0 Å². The van der Waals surface area contributed by atoms with Gasteiger partial charge in [0.25, 0.3) is 5.56 Å². The number of aromatic nitrogens is 2. The van der Waals surface area contributed by atoms with E-state index in [1.807, 2.05) is 43.3 Å². The number of rotatable bonds is 4. The third-order valence-electron chi connectivity index (χ3n) is 4.01. The summed E-state index contributed by atoms with van der Waals surface area (Å²) in [5.74, 6) is 0.821. The van der Waals surface area contributed by atoms with Crippen molar-refractivity contribution in [3.05, 3.63) is 64.2 Å². The van der Waals surface area contributed by atoms with Gasteiger partial charge in [0.05, 0.1) is 23.6 Å². The van der Waals surface area contributed by atoms with Crippen LogP contribution in [0.25, 0.3) is 22.6 Å². The Morgan fingerprint density at radius 2 is 1.96 bits per heavy atom. The maximum Gasteiger partial charge on any atom is 0.259 e. The number of hydrogen-bond donors (Lipinski definition) is 1. The van der Waals surface area contributed by atoms with Gasteiger partial charge in [0.15, 0.2) is 5.82 Å². The Labute approximate surface area is 151 Å². The maximum atomic E-state index is 12.4. The fourth-order valence-electron chi connectivity index (χ4n) is 2.56. The van der Waals surface area contributed by atoms with Gasteiger partial charge in [-0.3, -0.25) is 4.79 Å². The summed E-state index contributed by atoms with van der Waals surface area (Å²) in [6.45, 7) is 0. The number of hydrogen-bond acceptors (Lipinski definition) is 5. The molecule has 0 unspecified atom stereocenters. The predicted octanol–water partition coefficient (Wildman–Crippen LogP) is 3.06. The van der Waals surface area contributed by atoms with E-state index in [-0.39, 0.29) is 17.0 Å². The SMILES string of the molecule is COc1ccc2nc(C(C#N)=Cc3ccc(N(C)C)cc3)[nH]c(=O)c2c1. The van der Waals surface area contributed by atoms with Gasteiger partial charge in [-0.1, -0.05) is 12.1 Å². The van der Waals surface area contributed by atoms with E-state index < -0.39 is 0 Å². The molecular weight excluding hydrogens is 328 g/mol. The fourth-order valence-corrected chi connectivity index (χ4v) is 2.56. The number of fused-ring (bicyclic) bond motifs is 1. The molecule has 0 atom stereocenters. The van der Waals surface area contributed by atoms with Gasteiger partial charge in [-0.05, 0) is 42.0 Å². The lowest BCUT2D eigenvalue weighted by atomic mass is 10.1. The molecule has 26 heavy (non-hydrogen) atoms. The minimum absolute atomic E-state index is 0.242. The molecule has 1 heterocycles. The van der Waals surface area contributed by atoms with Crippen LogP contribution < -0.4 is 15.2 Å². The molecule has 1 N–H and O–H groups in total. The number of ether oxygens (including phenoxy) is 1. The van der Waals surface area contributed by atoms with Gasteiger partial charge in [-0.25, -0.2) is 4.98 Å². The van der Waals surface area contributed by atoms with Gasteiger partial charge in [0, 0.05) is 19.8 Å². The van der Waals surface area contributed by atoms with E-state index in [4.69, 9.17) is 4.74 Å². The molecule has 0 saturated carbocycles. The quantitative estimate of drug-likeness (QED) is 0.734. The third-order valence-corrected chi connectivity index (χ3v) is 4.01. The van der Waals surface area contributed by atoms with Crippen LogP contribution in [0, 0.1) is 11.3 Å². The molecule has 0 fully saturated rings. The summed E-state index contributed by atoms with van der Waals surface area (Å²) in [4.78, 5) is 21.5. The number of H-pyrrole nitrogens is 1. The number of anilines is 1. The average Bonchev–Trinajstić information content (AvgIpc) is 2.66. The number of benzene rings is 2. The molecule has 2 aromatic carbocycles. The topological polar surface area (TPSA) is 82.0 Å². The first-order valence-electron chi connectivity index (χ1n) is 7.99. The van der Waals surface area contributed by atoms with E-state index in [1.54, 1.807) is 24.3 Å². The van der Waals surface area contributed by atoms with Crippen LogP contribution in [0.4, 0.5) is 5.69 Å². The van der Waals surface area contributed by atoms with Crippen molar-refractivity contribution in [2.45, 2.75) is 0 Å². The van der Waals surface area contributed by atoms with E-state index in [2.05, 4.69) is 16.0 Å². The molecule has 3 aromatic rings. The normalized spacial score (nSPS) is 11.2. The first kappa shape index (κ1) is 17.2. The largest absolute Gasteiger partial charge is 0.497 e. The van der Waals surface area contributed by atoms with Gasteiger partial charge >= 0.3 is 0 Å². The van der Waals surface area contributed by atoms with Crippen molar-refractivity contribution in [1.29, 1.82) is 5.26 Å². The van der Waals surface area contributed by atoms with Crippen molar-refractivity contribution in [3.8, 4) is 11.8 Å². The van der Waals surface area contributed by atoms with Crippen LogP contribution in [-0.4, -0.2) is 31.2 Å². The first-order chi connectivity index (χ1) is 12.5. The van der Waals surface area contributed by atoms with E-state index in [1.165, 1.54) is 7.11 Å². The molecular formula is C20H18N4O2. The number of nitrogens with zero attached hydrogens (tertiary/aromatic N) is 3. The fraction of sp³-hybridized carbons (Fsp3) is 0.150. The van der Waals surface area contributed by atoms with Crippen LogP contribution in [0.2, 0.25) is 0 Å². The second kappa shape index (κ2) is 7.11. The van der Waals surface area contributed by atoms with E-state index in [9.17, 15) is 10.1 Å². The molecule has 1 aromatic heterocycles. The van der Waals surface area contributed by atoms with Crippen molar-refractivity contribution < 1.29 is 4.74 Å². The number of nitriles is 1. The molecule has 0 amide bonds. The molecule has 130 valence electrons. The highest BCUT2D eigenvalue weighted by molar-refractivity contribution is 5.89.